The number of anilines is 1. The zero-order valence-corrected chi connectivity index (χ0v) is 14.5. The van der Waals surface area contributed by atoms with E-state index >= 15 is 0 Å². The summed E-state index contributed by atoms with van der Waals surface area (Å²) in [6.45, 7) is 5.94. The lowest BCUT2D eigenvalue weighted by atomic mass is 10.1. The lowest BCUT2D eigenvalue weighted by molar-refractivity contribution is -0.117. The SMILES string of the molecule is CCC(CNC(=O)c1ccc(N2CCCC2=O)cc1)N1CCCC1. The van der Waals surface area contributed by atoms with Crippen molar-refractivity contribution in [1.82, 2.24) is 10.2 Å². The van der Waals surface area contributed by atoms with Gasteiger partial charge in [0.25, 0.3) is 5.91 Å². The summed E-state index contributed by atoms with van der Waals surface area (Å²) < 4.78 is 0. The fourth-order valence-corrected chi connectivity index (χ4v) is 3.66. The number of likely N-dealkylation sites (tertiary alicyclic amines) is 1. The van der Waals surface area contributed by atoms with Crippen molar-refractivity contribution < 1.29 is 9.59 Å². The van der Waals surface area contributed by atoms with Crippen LogP contribution in [0.25, 0.3) is 0 Å². The third kappa shape index (κ3) is 3.78. The van der Waals surface area contributed by atoms with Gasteiger partial charge >= 0.3 is 0 Å². The van der Waals surface area contributed by atoms with Gasteiger partial charge in [-0.1, -0.05) is 6.92 Å². The standard InChI is InChI=1S/C19H27N3O2/c1-2-16(21-11-3-4-12-21)14-20-19(24)15-7-9-17(10-8-15)22-13-5-6-18(22)23/h7-10,16H,2-6,11-14H2,1H3,(H,20,24). The molecule has 130 valence electrons. The van der Waals surface area contributed by atoms with Crippen molar-refractivity contribution in [3.63, 3.8) is 0 Å². The second-order valence-electron chi connectivity index (χ2n) is 6.71. The monoisotopic (exact) mass is 329 g/mol. The zero-order valence-electron chi connectivity index (χ0n) is 14.5. The second kappa shape index (κ2) is 7.79. The molecule has 2 aliphatic heterocycles. The van der Waals surface area contributed by atoms with E-state index in [4.69, 9.17) is 0 Å². The van der Waals surface area contributed by atoms with Crippen LogP contribution < -0.4 is 10.2 Å². The summed E-state index contributed by atoms with van der Waals surface area (Å²) in [6.07, 6.45) is 5.12. The molecule has 2 aliphatic rings. The molecule has 1 unspecified atom stereocenters. The fourth-order valence-electron chi connectivity index (χ4n) is 3.66. The van der Waals surface area contributed by atoms with E-state index in [-0.39, 0.29) is 11.8 Å². The highest BCUT2D eigenvalue weighted by Gasteiger charge is 2.23. The molecule has 24 heavy (non-hydrogen) atoms. The Morgan fingerprint density at radius 2 is 1.83 bits per heavy atom. The van der Waals surface area contributed by atoms with Gasteiger partial charge in [0.05, 0.1) is 0 Å². The Kier molecular flexibility index (Phi) is 5.51. The van der Waals surface area contributed by atoms with Crippen molar-refractivity contribution in [1.29, 1.82) is 0 Å². The topological polar surface area (TPSA) is 52.7 Å². The highest BCUT2D eigenvalue weighted by molar-refractivity contribution is 5.97. The van der Waals surface area contributed by atoms with Crippen LogP contribution in [0.2, 0.25) is 0 Å². The number of rotatable bonds is 6. The second-order valence-corrected chi connectivity index (χ2v) is 6.71. The summed E-state index contributed by atoms with van der Waals surface area (Å²) in [6, 6.07) is 7.80. The molecule has 2 saturated heterocycles. The first-order chi connectivity index (χ1) is 11.7. The molecule has 2 amide bonds. The van der Waals surface area contributed by atoms with Crippen molar-refractivity contribution in [3.8, 4) is 0 Å². The largest absolute Gasteiger partial charge is 0.350 e. The summed E-state index contributed by atoms with van der Waals surface area (Å²) in [4.78, 5) is 28.4. The summed E-state index contributed by atoms with van der Waals surface area (Å²) in [5, 5.41) is 3.06. The van der Waals surface area contributed by atoms with Gasteiger partial charge in [-0.25, -0.2) is 0 Å². The van der Waals surface area contributed by atoms with E-state index in [2.05, 4.69) is 17.1 Å². The Hall–Kier alpha value is -1.88. The minimum absolute atomic E-state index is 0.0352. The third-order valence-corrected chi connectivity index (χ3v) is 5.14. The summed E-state index contributed by atoms with van der Waals surface area (Å²) >= 11 is 0. The number of amides is 2. The molecule has 1 atom stereocenters. The van der Waals surface area contributed by atoms with Gasteiger partial charge in [0.15, 0.2) is 0 Å². The maximum Gasteiger partial charge on any atom is 0.251 e. The van der Waals surface area contributed by atoms with Gasteiger partial charge in [0.2, 0.25) is 5.91 Å². The van der Waals surface area contributed by atoms with Crippen LogP contribution in [0, 0.1) is 0 Å². The molecular formula is C19H27N3O2. The minimum atomic E-state index is -0.0352. The van der Waals surface area contributed by atoms with Gasteiger partial charge in [-0.15, -0.1) is 0 Å². The van der Waals surface area contributed by atoms with Crippen LogP contribution in [-0.2, 0) is 4.79 Å². The Morgan fingerprint density at radius 3 is 2.42 bits per heavy atom. The normalized spacial score (nSPS) is 19.7. The first kappa shape index (κ1) is 17.0. The van der Waals surface area contributed by atoms with Gasteiger partial charge in [0, 0.05) is 36.8 Å². The molecular weight excluding hydrogens is 302 g/mol. The number of benzene rings is 1. The fraction of sp³-hybridized carbons (Fsp3) is 0.579. The van der Waals surface area contributed by atoms with Crippen molar-refractivity contribution in [2.75, 3.05) is 31.1 Å². The molecule has 0 radical (unpaired) electrons. The number of nitrogens with zero attached hydrogens (tertiary/aromatic N) is 2. The molecule has 0 bridgehead atoms. The highest BCUT2D eigenvalue weighted by Crippen LogP contribution is 2.21. The molecule has 2 heterocycles. The lowest BCUT2D eigenvalue weighted by Gasteiger charge is -2.26. The van der Waals surface area contributed by atoms with Crippen LogP contribution in [0.1, 0.15) is 49.4 Å². The van der Waals surface area contributed by atoms with Gasteiger partial charge in [0.1, 0.15) is 0 Å². The van der Waals surface area contributed by atoms with Crippen LogP contribution in [0.15, 0.2) is 24.3 Å². The van der Waals surface area contributed by atoms with Gasteiger partial charge in [-0.05, 0) is 63.0 Å². The van der Waals surface area contributed by atoms with Crippen molar-refractivity contribution >= 4 is 17.5 Å². The molecule has 1 aromatic carbocycles. The first-order valence-corrected chi connectivity index (χ1v) is 9.11. The predicted molar refractivity (Wildman–Crippen MR) is 95.2 cm³/mol. The van der Waals surface area contributed by atoms with Crippen molar-refractivity contribution in [2.24, 2.45) is 0 Å². The maximum absolute atomic E-state index is 12.4. The molecule has 0 spiro atoms. The van der Waals surface area contributed by atoms with E-state index in [1.807, 2.05) is 24.3 Å². The van der Waals surface area contributed by atoms with E-state index in [1.165, 1.54) is 12.8 Å². The quantitative estimate of drug-likeness (QED) is 0.872. The van der Waals surface area contributed by atoms with Crippen LogP contribution in [-0.4, -0.2) is 48.9 Å². The lowest BCUT2D eigenvalue weighted by Crippen LogP contribution is -2.42. The molecule has 2 fully saturated rings. The molecule has 1 N–H and O–H groups in total. The Morgan fingerprint density at radius 1 is 1.12 bits per heavy atom. The molecule has 0 aliphatic carbocycles. The van der Waals surface area contributed by atoms with Gasteiger partial charge in [-0.3, -0.25) is 14.5 Å². The molecule has 0 saturated carbocycles. The molecule has 1 aromatic rings. The maximum atomic E-state index is 12.4. The summed E-state index contributed by atoms with van der Waals surface area (Å²) in [5.74, 6) is 0.135. The number of carbonyl (C=O) groups excluding carboxylic acids is 2. The average molecular weight is 329 g/mol. The van der Waals surface area contributed by atoms with E-state index in [9.17, 15) is 9.59 Å². The average Bonchev–Trinajstić information content (AvgIpc) is 3.27. The molecule has 5 heteroatoms. The van der Waals surface area contributed by atoms with Crippen molar-refractivity contribution in [3.05, 3.63) is 29.8 Å². The molecule has 0 aromatic heterocycles. The predicted octanol–water partition coefficient (Wildman–Crippen LogP) is 2.42. The Balaban J connectivity index is 1.55. The number of hydrogen-bond acceptors (Lipinski definition) is 3. The van der Waals surface area contributed by atoms with Crippen LogP contribution in [0.3, 0.4) is 0 Å². The van der Waals surface area contributed by atoms with Crippen molar-refractivity contribution in [2.45, 2.75) is 45.1 Å². The number of nitrogens with one attached hydrogen (secondary N) is 1. The molecule has 3 rings (SSSR count). The zero-order chi connectivity index (χ0) is 16.9. The van der Waals surface area contributed by atoms with E-state index in [0.29, 0.717) is 24.6 Å². The number of hydrogen-bond donors (Lipinski definition) is 1. The third-order valence-electron chi connectivity index (χ3n) is 5.14. The van der Waals surface area contributed by atoms with Crippen LogP contribution in [0.4, 0.5) is 5.69 Å². The Bertz CT molecular complexity index is 579. The highest BCUT2D eigenvalue weighted by atomic mass is 16.2. The molecule has 5 nitrogen and oxygen atoms in total. The van der Waals surface area contributed by atoms with E-state index < -0.39 is 0 Å². The van der Waals surface area contributed by atoms with Crippen LogP contribution in [0.5, 0.6) is 0 Å². The smallest absolute Gasteiger partial charge is 0.251 e. The summed E-state index contributed by atoms with van der Waals surface area (Å²) in [7, 11) is 0. The summed E-state index contributed by atoms with van der Waals surface area (Å²) in [5.41, 5.74) is 1.54. The number of carbonyl (C=O) groups is 2. The minimum Gasteiger partial charge on any atom is -0.350 e. The van der Waals surface area contributed by atoms with E-state index in [1.54, 1.807) is 4.90 Å². The van der Waals surface area contributed by atoms with E-state index in [0.717, 1.165) is 38.2 Å². The van der Waals surface area contributed by atoms with Gasteiger partial charge < -0.3 is 10.2 Å². The Labute approximate surface area is 144 Å². The van der Waals surface area contributed by atoms with Gasteiger partial charge in [-0.2, -0.15) is 0 Å². The van der Waals surface area contributed by atoms with Crippen LogP contribution >= 0.6 is 0 Å². The first-order valence-electron chi connectivity index (χ1n) is 9.11.